The lowest BCUT2D eigenvalue weighted by Gasteiger charge is -2.26. The Hall–Kier alpha value is -1.39. The summed E-state index contributed by atoms with van der Waals surface area (Å²) >= 11 is 3.66. The van der Waals surface area contributed by atoms with Crippen LogP contribution in [0.15, 0.2) is 47.0 Å². The molecule has 1 saturated carbocycles. The highest BCUT2D eigenvalue weighted by Gasteiger charge is 2.42. The van der Waals surface area contributed by atoms with Crippen LogP contribution in [0.2, 0.25) is 0 Å². The summed E-state index contributed by atoms with van der Waals surface area (Å²) in [6, 6.07) is 6.51. The zero-order chi connectivity index (χ0) is 18.5. The molecule has 0 spiro atoms. The molecule has 2 N–H and O–H groups in total. The summed E-state index contributed by atoms with van der Waals surface area (Å²) < 4.78 is 1.17. The third-order valence-electron chi connectivity index (χ3n) is 5.71. The number of allylic oxidation sites excluding steroid dienone is 4. The number of nitrogens with one attached hydrogen (secondary N) is 1. The molecular weight excluding hydrogens is 390 g/mol. The van der Waals surface area contributed by atoms with E-state index in [0.717, 1.165) is 25.9 Å². The highest BCUT2D eigenvalue weighted by atomic mass is 79.9. The summed E-state index contributed by atoms with van der Waals surface area (Å²) in [6.07, 6.45) is 12.4. The van der Waals surface area contributed by atoms with Crippen LogP contribution in [0.5, 0.6) is 0 Å². The number of carboxylic acid groups (broad SMARTS) is 1. The molecule has 3 nitrogen and oxygen atoms in total. The van der Waals surface area contributed by atoms with E-state index < -0.39 is 5.97 Å². The molecule has 3 rings (SSSR count). The summed E-state index contributed by atoms with van der Waals surface area (Å²) in [4.78, 5) is 10.6. The molecule has 2 aliphatic rings. The van der Waals surface area contributed by atoms with Crippen LogP contribution in [0.1, 0.15) is 36.8 Å². The van der Waals surface area contributed by atoms with Crippen LogP contribution in [-0.4, -0.2) is 17.6 Å². The number of halogens is 1. The average molecular weight is 418 g/mol. The van der Waals surface area contributed by atoms with Crippen LogP contribution in [-0.2, 0) is 11.3 Å². The predicted octanol–water partition coefficient (Wildman–Crippen LogP) is 5.10. The predicted molar refractivity (Wildman–Crippen MR) is 109 cm³/mol. The molecule has 140 valence electrons. The number of hydrogen-bond donors (Lipinski definition) is 2. The SMILES string of the molecule is Cc1ccc(CNC[C@@H]2[C@@H](/C=C\CCCC(=O)O)[C@@H]3C=C[C@H]2C3)c(Br)c1. The lowest BCUT2D eigenvalue weighted by Crippen LogP contribution is -2.30. The topological polar surface area (TPSA) is 49.3 Å². The zero-order valence-corrected chi connectivity index (χ0v) is 16.9. The first-order valence-corrected chi connectivity index (χ1v) is 10.4. The molecule has 2 bridgehead atoms. The monoisotopic (exact) mass is 417 g/mol. The number of unbranched alkanes of at least 4 members (excludes halogenated alkanes) is 1. The molecule has 0 radical (unpaired) electrons. The van der Waals surface area contributed by atoms with Crippen LogP contribution in [0, 0.1) is 30.6 Å². The number of benzene rings is 1. The van der Waals surface area contributed by atoms with Gasteiger partial charge >= 0.3 is 5.97 Å². The summed E-state index contributed by atoms with van der Waals surface area (Å²) in [5.74, 6) is 1.87. The Balaban J connectivity index is 1.51. The van der Waals surface area contributed by atoms with Crippen molar-refractivity contribution in [3.63, 3.8) is 0 Å². The van der Waals surface area contributed by atoms with Crippen LogP contribution >= 0.6 is 15.9 Å². The van der Waals surface area contributed by atoms with E-state index >= 15 is 0 Å². The van der Waals surface area contributed by atoms with Crippen molar-refractivity contribution in [3.05, 3.63) is 58.1 Å². The van der Waals surface area contributed by atoms with E-state index in [9.17, 15) is 4.79 Å². The molecule has 1 fully saturated rings. The molecule has 0 unspecified atom stereocenters. The van der Waals surface area contributed by atoms with Crippen molar-refractivity contribution < 1.29 is 9.90 Å². The highest BCUT2D eigenvalue weighted by Crippen LogP contribution is 2.48. The second kappa shape index (κ2) is 9.01. The maximum absolute atomic E-state index is 10.6. The van der Waals surface area contributed by atoms with E-state index in [1.165, 1.54) is 22.0 Å². The number of fused-ring (bicyclic) bond motifs is 2. The molecule has 1 aromatic rings. The van der Waals surface area contributed by atoms with Gasteiger partial charge in [-0.3, -0.25) is 4.79 Å². The number of carbonyl (C=O) groups is 1. The van der Waals surface area contributed by atoms with Crippen LogP contribution in [0.4, 0.5) is 0 Å². The Labute approximate surface area is 164 Å². The molecule has 0 aliphatic heterocycles. The summed E-state index contributed by atoms with van der Waals surface area (Å²) in [7, 11) is 0. The van der Waals surface area contributed by atoms with Gasteiger partial charge in [0.1, 0.15) is 0 Å². The largest absolute Gasteiger partial charge is 0.481 e. The number of rotatable bonds is 9. The molecule has 0 aromatic heterocycles. The lowest BCUT2D eigenvalue weighted by atomic mass is 9.82. The molecule has 1 aromatic carbocycles. The minimum atomic E-state index is -0.703. The Morgan fingerprint density at radius 2 is 2.15 bits per heavy atom. The second-order valence-corrected chi connectivity index (χ2v) is 8.48. The number of aryl methyl sites for hydroxylation is 1. The second-order valence-electron chi connectivity index (χ2n) is 7.63. The first-order chi connectivity index (χ1) is 12.5. The first-order valence-electron chi connectivity index (χ1n) is 9.57. The highest BCUT2D eigenvalue weighted by molar-refractivity contribution is 9.10. The Bertz CT molecular complexity index is 697. The van der Waals surface area contributed by atoms with Gasteiger partial charge in [-0.15, -0.1) is 0 Å². The summed E-state index contributed by atoms with van der Waals surface area (Å²) in [5, 5.41) is 12.4. The Kier molecular flexibility index (Phi) is 6.71. The van der Waals surface area contributed by atoms with E-state index in [2.05, 4.69) is 70.7 Å². The quantitative estimate of drug-likeness (QED) is 0.434. The minimum Gasteiger partial charge on any atom is -0.481 e. The third-order valence-corrected chi connectivity index (χ3v) is 6.45. The normalized spacial score (nSPS) is 26.8. The standard InChI is InChI=1S/C22H28BrNO2/c1-15-7-8-18(21(23)11-15)13-24-14-20-17-10-9-16(12-17)19(20)5-3-2-4-6-22(25)26/h3,5,7-11,16-17,19-20,24H,2,4,6,12-14H2,1H3,(H,25,26)/b5-3-/t16-,17+,19+,20+/m1/s1. The van der Waals surface area contributed by atoms with Crippen LogP contribution < -0.4 is 5.32 Å². The third kappa shape index (κ3) is 4.86. The molecule has 4 heteroatoms. The smallest absolute Gasteiger partial charge is 0.303 e. The fraction of sp³-hybridized carbons (Fsp3) is 0.500. The van der Waals surface area contributed by atoms with E-state index in [4.69, 9.17) is 5.11 Å². The van der Waals surface area contributed by atoms with Gasteiger partial charge in [-0.2, -0.15) is 0 Å². The van der Waals surface area contributed by atoms with Gasteiger partial charge < -0.3 is 10.4 Å². The van der Waals surface area contributed by atoms with E-state index in [0.29, 0.717) is 23.7 Å². The van der Waals surface area contributed by atoms with Crippen LogP contribution in [0.3, 0.4) is 0 Å². The van der Waals surface area contributed by atoms with Gasteiger partial charge in [0.25, 0.3) is 0 Å². The first kappa shape index (κ1) is 19.4. The van der Waals surface area contributed by atoms with Gasteiger partial charge in [0.15, 0.2) is 0 Å². The van der Waals surface area contributed by atoms with Gasteiger partial charge in [-0.05, 0) is 73.6 Å². The molecule has 4 atom stereocenters. The van der Waals surface area contributed by atoms with Crippen LogP contribution in [0.25, 0.3) is 0 Å². The average Bonchev–Trinajstić information content (AvgIpc) is 3.18. The maximum Gasteiger partial charge on any atom is 0.303 e. The van der Waals surface area contributed by atoms with Gasteiger partial charge in [-0.25, -0.2) is 0 Å². The summed E-state index contributed by atoms with van der Waals surface area (Å²) in [6.45, 7) is 4.01. The van der Waals surface area contributed by atoms with Crippen molar-refractivity contribution in [1.29, 1.82) is 0 Å². The fourth-order valence-corrected chi connectivity index (χ4v) is 4.96. The number of carboxylic acids is 1. The molecular formula is C22H28BrNO2. The van der Waals surface area contributed by atoms with Gasteiger partial charge in [0.05, 0.1) is 0 Å². The fourth-order valence-electron chi connectivity index (χ4n) is 4.33. The van der Waals surface area contributed by atoms with Crippen molar-refractivity contribution in [3.8, 4) is 0 Å². The van der Waals surface area contributed by atoms with Gasteiger partial charge in [0, 0.05) is 17.4 Å². The molecule has 26 heavy (non-hydrogen) atoms. The Morgan fingerprint density at radius 3 is 2.92 bits per heavy atom. The summed E-state index contributed by atoms with van der Waals surface area (Å²) in [5.41, 5.74) is 2.57. The zero-order valence-electron chi connectivity index (χ0n) is 15.3. The van der Waals surface area contributed by atoms with Gasteiger partial charge in [0.2, 0.25) is 0 Å². The lowest BCUT2D eigenvalue weighted by molar-refractivity contribution is -0.137. The molecule has 0 amide bonds. The van der Waals surface area contributed by atoms with Crippen molar-refractivity contribution in [2.45, 2.75) is 39.2 Å². The van der Waals surface area contributed by atoms with E-state index in [1.54, 1.807) is 0 Å². The molecule has 2 aliphatic carbocycles. The van der Waals surface area contributed by atoms with Crippen molar-refractivity contribution in [1.82, 2.24) is 5.32 Å². The molecule has 0 heterocycles. The number of aliphatic carboxylic acids is 1. The van der Waals surface area contributed by atoms with E-state index in [-0.39, 0.29) is 6.42 Å². The number of hydrogen-bond acceptors (Lipinski definition) is 2. The van der Waals surface area contributed by atoms with Gasteiger partial charge in [-0.1, -0.05) is 52.4 Å². The molecule has 0 saturated heterocycles. The van der Waals surface area contributed by atoms with Crippen molar-refractivity contribution in [2.75, 3.05) is 6.54 Å². The van der Waals surface area contributed by atoms with E-state index in [1.807, 2.05) is 0 Å². The Morgan fingerprint density at radius 1 is 1.35 bits per heavy atom. The minimum absolute atomic E-state index is 0.261. The van der Waals surface area contributed by atoms with Crippen molar-refractivity contribution >= 4 is 21.9 Å². The maximum atomic E-state index is 10.6. The van der Waals surface area contributed by atoms with Crippen molar-refractivity contribution in [2.24, 2.45) is 23.7 Å².